The van der Waals surface area contributed by atoms with Crippen LogP contribution in [0.15, 0.2) is 0 Å². The predicted octanol–water partition coefficient (Wildman–Crippen LogP) is -0.0423. The Kier molecular flexibility index (Phi) is 68.6. The summed E-state index contributed by atoms with van der Waals surface area (Å²) in [5.41, 5.74) is 0. The smallest absolute Gasteiger partial charge is 1.00 e. The maximum atomic E-state index is 8.68. The normalized spacial score (nSPS) is 2.60. The first-order valence-corrected chi connectivity index (χ1v) is 0.704. The molecule has 0 saturated carbocycles. The molecule has 3 heteroatoms. The fraction of sp³-hybridized carbons (Fsp3) is 0.500. The molecule has 32 valence electrons. The van der Waals surface area contributed by atoms with Gasteiger partial charge in [-0.05, 0) is 0 Å². The van der Waals surface area contributed by atoms with Gasteiger partial charge in [-0.2, -0.15) is 6.92 Å². The molecule has 0 atom stereocenters. The van der Waals surface area contributed by atoms with Gasteiger partial charge in [0.2, 0.25) is 0 Å². The van der Waals surface area contributed by atoms with E-state index in [0.717, 1.165) is 0 Å². The van der Waals surface area contributed by atoms with Crippen LogP contribution in [0.4, 0.5) is 0 Å². The molecule has 0 amide bonds. The van der Waals surface area contributed by atoms with Crippen LogP contribution in [0.3, 0.4) is 0 Å². The molecular weight excluding hydrogens is 123 g/mol. The molecule has 1 nitrogen and oxygen atoms in total. The number of hydrogen-bond acceptors (Lipinski definition) is 1. The summed E-state index contributed by atoms with van der Waals surface area (Å²) in [6.07, 6.45) is 1.50. The summed E-state index contributed by atoms with van der Waals surface area (Å²) >= 11 is 0. The van der Waals surface area contributed by atoms with Crippen LogP contribution in [-0.4, -0.2) is 29.3 Å². The van der Waals surface area contributed by atoms with Gasteiger partial charge in [0.25, 0.3) is 0 Å². The monoisotopic (exact) mass is 127 g/mol. The van der Waals surface area contributed by atoms with Crippen molar-refractivity contribution in [3.63, 3.8) is 0 Å². The van der Waals surface area contributed by atoms with Crippen molar-refractivity contribution >= 4 is 29.3 Å². The Labute approximate surface area is 60.6 Å². The van der Waals surface area contributed by atoms with Crippen LogP contribution < -0.4 is 0 Å². The summed E-state index contributed by atoms with van der Waals surface area (Å²) < 4.78 is 0. The molecule has 0 aliphatic heterocycles. The topological polar surface area (TPSA) is 17.1 Å². The van der Waals surface area contributed by atoms with Gasteiger partial charge in [-0.15, -0.1) is 0 Å². The van der Waals surface area contributed by atoms with Gasteiger partial charge in [0.05, 0.1) is 0 Å². The molecule has 0 spiro atoms. The van der Waals surface area contributed by atoms with Gasteiger partial charge in [0, 0.05) is 16.5 Å². The molecule has 0 rings (SSSR count). The van der Waals surface area contributed by atoms with E-state index in [2.05, 4.69) is 0 Å². The largest absolute Gasteiger partial charge is 2.00 e. The first-order chi connectivity index (χ1) is 1.41. The van der Waals surface area contributed by atoms with Gasteiger partial charge in [-0.1, -0.05) is 0 Å². The first kappa shape index (κ1) is 16.8. The molecule has 0 aromatic heterocycles. The second-order valence-electron chi connectivity index (χ2n) is 0.204. The Morgan fingerprint density at radius 2 is 1.80 bits per heavy atom. The van der Waals surface area contributed by atoms with Crippen molar-refractivity contribution in [1.82, 2.24) is 0 Å². The third-order valence-corrected chi connectivity index (χ3v) is 0. The molecule has 0 aromatic carbocycles. The SMILES string of the molecule is C[C-]=O.[H-].[H-].[Mg+2].[Ni]. The fourth-order valence-electron chi connectivity index (χ4n) is 0. The zero-order valence-electron chi connectivity index (χ0n) is 4.93. The fourth-order valence-corrected chi connectivity index (χ4v) is 0. The third-order valence-electron chi connectivity index (χ3n) is 0. The average Bonchev–Trinajstić information content (AvgIpc) is 0.918. The maximum absolute atomic E-state index is 8.68. The van der Waals surface area contributed by atoms with E-state index in [0.29, 0.717) is 0 Å². The molecule has 0 N–H and O–H groups in total. The number of rotatable bonds is 0. The van der Waals surface area contributed by atoms with E-state index in [4.69, 9.17) is 4.79 Å². The molecule has 0 radical (unpaired) electrons. The third kappa shape index (κ3) is 49.0. The minimum absolute atomic E-state index is 0. The van der Waals surface area contributed by atoms with Gasteiger partial charge in [-0.25, -0.2) is 0 Å². The molecule has 5 heavy (non-hydrogen) atoms. The quantitative estimate of drug-likeness (QED) is 0.330. The molecule has 0 aliphatic rings. The van der Waals surface area contributed by atoms with Crippen LogP contribution in [0.5, 0.6) is 0 Å². The Morgan fingerprint density at radius 1 is 1.80 bits per heavy atom. The Hall–Kier alpha value is 0.930. The maximum Gasteiger partial charge on any atom is 2.00 e. The zero-order valence-corrected chi connectivity index (χ0v) is 5.33. The van der Waals surface area contributed by atoms with Crippen molar-refractivity contribution in [3.8, 4) is 0 Å². The van der Waals surface area contributed by atoms with Crippen LogP contribution in [0.1, 0.15) is 9.78 Å². The standard InChI is InChI=1S/C2H3O.Mg.Ni.2H/c1-2-3;;;;/h1H3;;;;/q-1;+2;;2*-1. The van der Waals surface area contributed by atoms with Crippen molar-refractivity contribution in [2.75, 3.05) is 0 Å². The van der Waals surface area contributed by atoms with Gasteiger partial charge in [0.1, 0.15) is 0 Å². The summed E-state index contributed by atoms with van der Waals surface area (Å²) in [6.45, 7) is 1.32. The Balaban J connectivity index is -0.00000000333. The van der Waals surface area contributed by atoms with Crippen LogP contribution in [0, 0.1) is 0 Å². The molecule has 0 bridgehead atoms. The van der Waals surface area contributed by atoms with Gasteiger partial charge in [0.15, 0.2) is 0 Å². The van der Waals surface area contributed by atoms with E-state index in [1.807, 2.05) is 0 Å². The molecular formula is C2H5MgNiO-. The van der Waals surface area contributed by atoms with E-state index in [9.17, 15) is 0 Å². The molecule has 0 saturated heterocycles. The minimum atomic E-state index is 0. The molecule has 0 heterocycles. The van der Waals surface area contributed by atoms with Gasteiger partial charge in [-0.3, -0.25) is 6.29 Å². The minimum Gasteiger partial charge on any atom is -1.00 e. The second-order valence-corrected chi connectivity index (χ2v) is 0.204. The van der Waals surface area contributed by atoms with Crippen molar-refractivity contribution in [2.45, 2.75) is 6.92 Å². The predicted molar refractivity (Wildman–Crippen MR) is 19.3 cm³/mol. The summed E-state index contributed by atoms with van der Waals surface area (Å²) in [4.78, 5) is 8.68. The van der Waals surface area contributed by atoms with Gasteiger partial charge < -0.3 is 7.65 Å². The summed E-state index contributed by atoms with van der Waals surface area (Å²) in [5, 5.41) is 0. The Morgan fingerprint density at radius 3 is 1.80 bits per heavy atom. The second kappa shape index (κ2) is 20.4. The average molecular weight is 128 g/mol. The van der Waals surface area contributed by atoms with E-state index >= 15 is 0 Å². The molecule has 0 unspecified atom stereocenters. The van der Waals surface area contributed by atoms with Crippen molar-refractivity contribution in [3.05, 3.63) is 0 Å². The van der Waals surface area contributed by atoms with E-state index in [-0.39, 0.29) is 42.4 Å². The summed E-state index contributed by atoms with van der Waals surface area (Å²) in [5.74, 6) is 0. The van der Waals surface area contributed by atoms with Crippen molar-refractivity contribution < 1.29 is 24.1 Å². The summed E-state index contributed by atoms with van der Waals surface area (Å²) in [7, 11) is 0. The molecule has 0 fully saturated rings. The van der Waals surface area contributed by atoms with E-state index < -0.39 is 0 Å². The van der Waals surface area contributed by atoms with Crippen molar-refractivity contribution in [1.29, 1.82) is 0 Å². The van der Waals surface area contributed by atoms with Gasteiger partial charge >= 0.3 is 23.1 Å². The summed E-state index contributed by atoms with van der Waals surface area (Å²) in [6, 6.07) is 0. The molecule has 0 aliphatic carbocycles. The van der Waals surface area contributed by atoms with Crippen molar-refractivity contribution in [2.24, 2.45) is 0 Å². The zero-order chi connectivity index (χ0) is 2.71. The van der Waals surface area contributed by atoms with E-state index in [1.54, 1.807) is 0 Å². The van der Waals surface area contributed by atoms with E-state index in [1.165, 1.54) is 13.2 Å². The molecule has 0 aromatic rings. The first-order valence-electron chi connectivity index (χ1n) is 0.704. The number of carbonyl (C=O) groups excluding carboxylic acids is 1. The Bertz CT molecular complexity index is 23.2. The van der Waals surface area contributed by atoms with Crippen LogP contribution in [0.25, 0.3) is 0 Å². The van der Waals surface area contributed by atoms with Crippen LogP contribution in [-0.2, 0) is 21.3 Å². The number of hydrogen-bond donors (Lipinski definition) is 0. The van der Waals surface area contributed by atoms with Crippen LogP contribution in [0.2, 0.25) is 0 Å². The van der Waals surface area contributed by atoms with Crippen LogP contribution >= 0.6 is 0 Å².